The minimum atomic E-state index is -4.41. The Hall–Kier alpha value is -2.32. The summed E-state index contributed by atoms with van der Waals surface area (Å²) in [6.45, 7) is 5.06. The van der Waals surface area contributed by atoms with E-state index in [2.05, 4.69) is 10.3 Å². The fourth-order valence-electron chi connectivity index (χ4n) is 4.83. The van der Waals surface area contributed by atoms with Gasteiger partial charge in [0.1, 0.15) is 0 Å². The van der Waals surface area contributed by atoms with Gasteiger partial charge in [-0.15, -0.1) is 0 Å². The van der Waals surface area contributed by atoms with Gasteiger partial charge in [0.2, 0.25) is 5.91 Å². The number of hydrogen-bond donors (Lipinski definition) is 2. The summed E-state index contributed by atoms with van der Waals surface area (Å²) in [5.41, 5.74) is -0.454. The summed E-state index contributed by atoms with van der Waals surface area (Å²) in [7, 11) is 0. The molecule has 1 fully saturated rings. The molecule has 2 aliphatic heterocycles. The first-order chi connectivity index (χ1) is 14.0. The second-order valence-corrected chi connectivity index (χ2v) is 8.70. The van der Waals surface area contributed by atoms with Crippen LogP contribution in [0.1, 0.15) is 39.5 Å². The molecule has 166 valence electrons. The average molecular weight is 427 g/mol. The normalized spacial score (nSPS) is 29.6. The average Bonchev–Trinajstić information content (AvgIpc) is 3.11. The Kier molecular flexibility index (Phi) is 6.29. The molecule has 0 bridgehead atoms. The van der Waals surface area contributed by atoms with Gasteiger partial charge in [-0.1, -0.05) is 31.6 Å². The van der Waals surface area contributed by atoms with Gasteiger partial charge in [-0.25, -0.2) is 4.79 Å². The fraction of sp³-hybridized carbons (Fsp3) is 0.667. The van der Waals surface area contributed by atoms with Crippen molar-refractivity contribution in [3.05, 3.63) is 23.3 Å². The van der Waals surface area contributed by atoms with Crippen molar-refractivity contribution in [2.45, 2.75) is 51.7 Å². The SMILES string of the molecule is CC(C)[C@]1(C(=O)N2CC=C(C3C=C(C(F)(F)F)C=NC3)CC2)CC[C@@H](NC(=O)O)C1. The van der Waals surface area contributed by atoms with E-state index in [1.165, 1.54) is 6.08 Å². The lowest BCUT2D eigenvalue weighted by Gasteiger charge is -2.39. The number of carbonyl (C=O) groups is 2. The number of dihydropyridines is 1. The fourth-order valence-corrected chi connectivity index (χ4v) is 4.83. The van der Waals surface area contributed by atoms with Crippen molar-refractivity contribution in [3.8, 4) is 0 Å². The number of allylic oxidation sites excluding steroid dienone is 1. The van der Waals surface area contributed by atoms with Crippen LogP contribution in [-0.4, -0.2) is 60.1 Å². The van der Waals surface area contributed by atoms with Crippen molar-refractivity contribution in [1.29, 1.82) is 0 Å². The molecular formula is C21H28F3N3O3. The van der Waals surface area contributed by atoms with Gasteiger partial charge in [0.15, 0.2) is 0 Å². The van der Waals surface area contributed by atoms with Gasteiger partial charge in [0.05, 0.1) is 11.0 Å². The van der Waals surface area contributed by atoms with Gasteiger partial charge >= 0.3 is 12.3 Å². The first-order valence-electron chi connectivity index (χ1n) is 10.3. The van der Waals surface area contributed by atoms with Crippen molar-refractivity contribution in [1.82, 2.24) is 10.2 Å². The second kappa shape index (κ2) is 8.43. The molecule has 9 heteroatoms. The van der Waals surface area contributed by atoms with E-state index in [0.717, 1.165) is 11.8 Å². The first kappa shape index (κ1) is 22.4. The monoisotopic (exact) mass is 427 g/mol. The van der Waals surface area contributed by atoms with Crippen LogP contribution >= 0.6 is 0 Å². The van der Waals surface area contributed by atoms with Crippen molar-refractivity contribution in [2.24, 2.45) is 22.2 Å². The third kappa shape index (κ3) is 4.54. The van der Waals surface area contributed by atoms with Crippen molar-refractivity contribution < 1.29 is 27.9 Å². The highest BCUT2D eigenvalue weighted by Crippen LogP contribution is 2.46. The van der Waals surface area contributed by atoms with Gasteiger partial charge in [0, 0.05) is 37.8 Å². The van der Waals surface area contributed by atoms with E-state index in [9.17, 15) is 22.8 Å². The summed E-state index contributed by atoms with van der Waals surface area (Å²) in [6.07, 6.45) is 0.691. The topological polar surface area (TPSA) is 82.0 Å². The highest BCUT2D eigenvalue weighted by Gasteiger charge is 2.49. The zero-order valence-corrected chi connectivity index (χ0v) is 17.2. The van der Waals surface area contributed by atoms with E-state index < -0.39 is 29.2 Å². The molecule has 3 atom stereocenters. The van der Waals surface area contributed by atoms with Crippen molar-refractivity contribution >= 4 is 18.2 Å². The zero-order chi connectivity index (χ0) is 22.1. The summed E-state index contributed by atoms with van der Waals surface area (Å²) in [6, 6.07) is -0.240. The summed E-state index contributed by atoms with van der Waals surface area (Å²) >= 11 is 0. The molecule has 3 aliphatic rings. The lowest BCUT2D eigenvalue weighted by Crippen LogP contribution is -2.48. The number of carbonyl (C=O) groups excluding carboxylic acids is 1. The standard InChI is InChI=1S/C21H28F3N3O3/c1-13(2)20(6-3-17(10-20)26-19(29)30)18(28)27-7-4-14(5-8-27)15-9-16(12-25-11-15)21(22,23)24/h4,9,12-13,15,17,26H,3,5-8,10-11H2,1-2H3,(H,29,30)/t15?,17-,20+/m1/s1. The molecule has 1 saturated carbocycles. The number of carboxylic acid groups (broad SMARTS) is 1. The van der Waals surface area contributed by atoms with Crippen molar-refractivity contribution in [2.75, 3.05) is 19.6 Å². The number of hydrogen-bond acceptors (Lipinski definition) is 3. The van der Waals surface area contributed by atoms with E-state index in [1.807, 2.05) is 19.9 Å². The van der Waals surface area contributed by atoms with Crippen LogP contribution in [0.3, 0.4) is 0 Å². The molecule has 1 unspecified atom stereocenters. The molecule has 2 amide bonds. The summed E-state index contributed by atoms with van der Waals surface area (Å²) in [4.78, 5) is 30.0. The summed E-state index contributed by atoms with van der Waals surface area (Å²) < 4.78 is 38.9. The van der Waals surface area contributed by atoms with Crippen LogP contribution in [-0.2, 0) is 4.79 Å². The van der Waals surface area contributed by atoms with Gasteiger partial charge < -0.3 is 15.3 Å². The zero-order valence-electron chi connectivity index (χ0n) is 17.2. The van der Waals surface area contributed by atoms with Gasteiger partial charge in [-0.05, 0) is 31.6 Å². The van der Waals surface area contributed by atoms with Crippen molar-refractivity contribution in [3.63, 3.8) is 0 Å². The largest absolute Gasteiger partial charge is 0.465 e. The molecule has 0 spiro atoms. The minimum absolute atomic E-state index is 0.00989. The Labute approximate surface area is 173 Å². The van der Waals surface area contributed by atoms with E-state index >= 15 is 0 Å². The molecule has 3 rings (SSSR count). The Balaban J connectivity index is 1.69. The molecule has 0 aromatic heterocycles. The smallest absolute Gasteiger partial charge is 0.417 e. The Morgan fingerprint density at radius 1 is 1.37 bits per heavy atom. The number of aliphatic imine (C=N–C) groups is 1. The van der Waals surface area contributed by atoms with E-state index in [0.29, 0.717) is 38.8 Å². The molecule has 1 aliphatic carbocycles. The number of nitrogens with zero attached hydrogens (tertiary/aromatic N) is 2. The Morgan fingerprint density at radius 3 is 2.67 bits per heavy atom. The van der Waals surface area contributed by atoms with Crippen LogP contribution in [0.2, 0.25) is 0 Å². The summed E-state index contributed by atoms with van der Waals surface area (Å²) in [5.74, 6) is -0.324. The third-order valence-corrected chi connectivity index (χ3v) is 6.66. The molecule has 2 heterocycles. The highest BCUT2D eigenvalue weighted by atomic mass is 19.4. The van der Waals surface area contributed by atoms with E-state index in [1.54, 1.807) is 4.90 Å². The predicted octanol–water partition coefficient (Wildman–Crippen LogP) is 3.80. The van der Waals surface area contributed by atoms with Crippen LogP contribution in [0.4, 0.5) is 18.0 Å². The predicted molar refractivity (Wildman–Crippen MR) is 106 cm³/mol. The van der Waals surface area contributed by atoms with Gasteiger partial charge in [-0.2, -0.15) is 13.2 Å². The molecule has 2 N–H and O–H groups in total. The maximum absolute atomic E-state index is 13.4. The van der Waals surface area contributed by atoms with Crippen LogP contribution in [0.5, 0.6) is 0 Å². The molecule has 6 nitrogen and oxygen atoms in total. The highest BCUT2D eigenvalue weighted by molar-refractivity contribution is 5.84. The number of alkyl halides is 3. The maximum atomic E-state index is 13.4. The minimum Gasteiger partial charge on any atom is -0.465 e. The third-order valence-electron chi connectivity index (χ3n) is 6.66. The molecule has 0 aromatic rings. The molecular weight excluding hydrogens is 399 g/mol. The second-order valence-electron chi connectivity index (χ2n) is 8.70. The first-order valence-corrected chi connectivity index (χ1v) is 10.3. The van der Waals surface area contributed by atoms with E-state index in [4.69, 9.17) is 5.11 Å². The lowest BCUT2D eigenvalue weighted by atomic mass is 9.74. The Morgan fingerprint density at radius 2 is 2.10 bits per heavy atom. The van der Waals surface area contributed by atoms with Gasteiger partial charge in [-0.3, -0.25) is 9.79 Å². The van der Waals surface area contributed by atoms with Crippen LogP contribution in [0.25, 0.3) is 0 Å². The Bertz CT molecular complexity index is 788. The maximum Gasteiger partial charge on any atom is 0.417 e. The number of halogens is 3. The molecule has 0 saturated heterocycles. The molecule has 0 radical (unpaired) electrons. The lowest BCUT2D eigenvalue weighted by molar-refractivity contribution is -0.144. The van der Waals surface area contributed by atoms with Crippen LogP contribution < -0.4 is 5.32 Å². The summed E-state index contributed by atoms with van der Waals surface area (Å²) in [5, 5.41) is 11.5. The quantitative estimate of drug-likeness (QED) is 0.670. The molecule has 30 heavy (non-hydrogen) atoms. The number of amides is 2. The number of nitrogens with one attached hydrogen (secondary N) is 1. The van der Waals surface area contributed by atoms with Crippen LogP contribution in [0.15, 0.2) is 28.3 Å². The van der Waals surface area contributed by atoms with E-state index in [-0.39, 0.29) is 24.4 Å². The number of rotatable bonds is 4. The molecule has 0 aromatic carbocycles. The van der Waals surface area contributed by atoms with Crippen LogP contribution in [0, 0.1) is 17.3 Å². The van der Waals surface area contributed by atoms with Gasteiger partial charge in [0.25, 0.3) is 0 Å².